The van der Waals surface area contributed by atoms with Crippen LogP contribution >= 0.6 is 0 Å². The van der Waals surface area contributed by atoms with Gasteiger partial charge in [0.05, 0.1) is 5.54 Å². The van der Waals surface area contributed by atoms with Crippen LogP contribution in [-0.4, -0.2) is 27.8 Å². The Hall–Kier alpha value is -2.61. The molecule has 2 N–H and O–H groups in total. The lowest BCUT2D eigenvalue weighted by molar-refractivity contribution is -0.124. The Balaban J connectivity index is 1.69. The Labute approximate surface area is 187 Å². The van der Waals surface area contributed by atoms with Gasteiger partial charge in [0.25, 0.3) is 5.56 Å². The number of unbranched alkanes of at least 4 members (excludes halogenated alkanes) is 3. The van der Waals surface area contributed by atoms with Crippen LogP contribution in [0.3, 0.4) is 0 Å². The first-order valence-corrected chi connectivity index (χ1v) is 11.4. The van der Waals surface area contributed by atoms with Crippen molar-refractivity contribution in [3.63, 3.8) is 0 Å². The number of benzene rings is 1. The van der Waals surface area contributed by atoms with E-state index < -0.39 is 17.2 Å². The van der Waals surface area contributed by atoms with E-state index >= 15 is 0 Å². The number of carbonyl (C=O) groups is 1. The molecule has 1 saturated heterocycles. The quantitative estimate of drug-likeness (QED) is 0.572. The molecule has 3 rings (SSSR count). The Morgan fingerprint density at radius 2 is 1.97 bits per heavy atom. The number of anilines is 1. The highest BCUT2D eigenvalue weighted by molar-refractivity contribution is 5.97. The molecule has 1 aromatic carbocycles. The minimum Gasteiger partial charge on any atom is -0.308 e. The highest BCUT2D eigenvalue weighted by Gasteiger charge is 2.41. The largest absolute Gasteiger partial charge is 0.308 e. The molecule has 0 radical (unpaired) electrons. The van der Waals surface area contributed by atoms with Crippen molar-refractivity contribution in [3.8, 4) is 0 Å². The van der Waals surface area contributed by atoms with Crippen LogP contribution in [0, 0.1) is 17.6 Å². The van der Waals surface area contributed by atoms with Crippen LogP contribution < -0.4 is 16.2 Å². The Bertz CT molecular complexity index is 964. The topological polar surface area (TPSA) is 76.0 Å². The molecule has 174 valence electrons. The standard InChI is InChI=1S/C24H32F2N4O2/c1-3-4-5-6-10-24(23(32)28-21-7-8-22(31)30(2)29-21)11-9-17(16-27-24)12-18-13-19(25)15-20(26)14-18/h7-8,13-15,17,27H,3-6,9-12,16H2,1-2H3,(H,28,29,32). The molecule has 2 unspecified atom stereocenters. The number of amides is 1. The zero-order chi connectivity index (χ0) is 23.1. The minimum atomic E-state index is -0.728. The van der Waals surface area contributed by atoms with E-state index in [9.17, 15) is 18.4 Å². The summed E-state index contributed by atoms with van der Waals surface area (Å²) in [5.74, 6) is -0.778. The van der Waals surface area contributed by atoms with Crippen LogP contribution in [0.4, 0.5) is 14.6 Å². The fourth-order valence-corrected chi connectivity index (χ4v) is 4.40. The summed E-state index contributed by atoms with van der Waals surface area (Å²) < 4.78 is 28.3. The maximum atomic E-state index is 13.5. The summed E-state index contributed by atoms with van der Waals surface area (Å²) in [6.45, 7) is 2.73. The molecule has 2 heterocycles. The van der Waals surface area contributed by atoms with Crippen molar-refractivity contribution in [3.05, 3.63) is 57.9 Å². The van der Waals surface area contributed by atoms with Gasteiger partial charge in [0.2, 0.25) is 5.91 Å². The second-order valence-electron chi connectivity index (χ2n) is 8.79. The molecule has 2 aromatic rings. The van der Waals surface area contributed by atoms with Gasteiger partial charge in [-0.25, -0.2) is 13.5 Å². The van der Waals surface area contributed by atoms with Gasteiger partial charge < -0.3 is 10.6 Å². The lowest BCUT2D eigenvalue weighted by atomic mass is 9.78. The molecule has 1 aromatic heterocycles. The van der Waals surface area contributed by atoms with Crippen LogP contribution in [0.5, 0.6) is 0 Å². The third-order valence-corrected chi connectivity index (χ3v) is 6.25. The Morgan fingerprint density at radius 3 is 2.59 bits per heavy atom. The van der Waals surface area contributed by atoms with Crippen LogP contribution in [0.1, 0.15) is 57.4 Å². The number of aryl methyl sites for hydroxylation is 1. The molecule has 2 atom stereocenters. The average molecular weight is 447 g/mol. The molecule has 0 aliphatic carbocycles. The number of halogens is 2. The number of hydrogen-bond donors (Lipinski definition) is 2. The van der Waals surface area contributed by atoms with Gasteiger partial charge in [0, 0.05) is 19.2 Å². The summed E-state index contributed by atoms with van der Waals surface area (Å²) in [4.78, 5) is 24.9. The van der Waals surface area contributed by atoms with Gasteiger partial charge >= 0.3 is 0 Å². The van der Waals surface area contributed by atoms with Crippen molar-refractivity contribution in [1.82, 2.24) is 15.1 Å². The van der Waals surface area contributed by atoms with Crippen LogP contribution in [0.25, 0.3) is 0 Å². The first kappa shape index (κ1) is 24.0. The molecule has 0 spiro atoms. The molecular weight excluding hydrogens is 414 g/mol. The van der Waals surface area contributed by atoms with Crippen LogP contribution in [0.2, 0.25) is 0 Å². The van der Waals surface area contributed by atoms with E-state index in [1.54, 1.807) is 0 Å². The van der Waals surface area contributed by atoms with E-state index in [1.165, 1.54) is 36.0 Å². The number of carbonyl (C=O) groups excluding carboxylic acids is 1. The van der Waals surface area contributed by atoms with Crippen molar-refractivity contribution in [2.75, 3.05) is 11.9 Å². The van der Waals surface area contributed by atoms with Crippen molar-refractivity contribution in [1.29, 1.82) is 0 Å². The van der Waals surface area contributed by atoms with Gasteiger partial charge in [-0.15, -0.1) is 0 Å². The number of nitrogens with one attached hydrogen (secondary N) is 2. The summed E-state index contributed by atoms with van der Waals surface area (Å²) in [7, 11) is 1.54. The molecule has 8 heteroatoms. The molecule has 1 amide bonds. The zero-order valence-electron chi connectivity index (χ0n) is 18.8. The number of hydrogen-bond acceptors (Lipinski definition) is 4. The summed E-state index contributed by atoms with van der Waals surface area (Å²) in [5, 5.41) is 10.4. The lowest BCUT2D eigenvalue weighted by Crippen LogP contribution is -2.59. The molecule has 0 bridgehead atoms. The average Bonchev–Trinajstić information content (AvgIpc) is 2.74. The van der Waals surface area contributed by atoms with Crippen molar-refractivity contribution in [2.45, 2.75) is 63.8 Å². The van der Waals surface area contributed by atoms with Gasteiger partial charge in [-0.05, 0) is 61.9 Å². The number of aromatic nitrogens is 2. The second kappa shape index (κ2) is 10.8. The van der Waals surface area contributed by atoms with Gasteiger partial charge in [0.15, 0.2) is 5.82 Å². The molecule has 1 aliphatic heterocycles. The Morgan fingerprint density at radius 1 is 1.22 bits per heavy atom. The predicted molar refractivity (Wildman–Crippen MR) is 120 cm³/mol. The fraction of sp³-hybridized carbons (Fsp3) is 0.542. The predicted octanol–water partition coefficient (Wildman–Crippen LogP) is 3.95. The van der Waals surface area contributed by atoms with Gasteiger partial charge in [0.1, 0.15) is 11.6 Å². The number of piperidine rings is 1. The van der Waals surface area contributed by atoms with E-state index in [2.05, 4.69) is 22.7 Å². The molecule has 1 fully saturated rings. The number of nitrogens with zero attached hydrogens (tertiary/aromatic N) is 2. The molecule has 0 saturated carbocycles. The number of rotatable bonds is 9. The zero-order valence-corrected chi connectivity index (χ0v) is 18.8. The summed E-state index contributed by atoms with van der Waals surface area (Å²) in [6, 6.07) is 6.50. The highest BCUT2D eigenvalue weighted by atomic mass is 19.1. The molecule has 32 heavy (non-hydrogen) atoms. The van der Waals surface area contributed by atoms with Crippen molar-refractivity contribution in [2.24, 2.45) is 13.0 Å². The van der Waals surface area contributed by atoms with Gasteiger partial charge in [-0.3, -0.25) is 9.59 Å². The molecule has 1 aliphatic rings. The van der Waals surface area contributed by atoms with Gasteiger partial charge in [-0.1, -0.05) is 32.6 Å². The van der Waals surface area contributed by atoms with Crippen LogP contribution in [0.15, 0.2) is 35.1 Å². The van der Waals surface area contributed by atoms with E-state index in [0.29, 0.717) is 37.2 Å². The first-order valence-electron chi connectivity index (χ1n) is 11.4. The van der Waals surface area contributed by atoms with E-state index in [1.807, 2.05) is 0 Å². The van der Waals surface area contributed by atoms with Crippen LogP contribution in [-0.2, 0) is 18.3 Å². The summed E-state index contributed by atoms with van der Waals surface area (Å²) >= 11 is 0. The normalized spacial score (nSPS) is 20.8. The molecule has 6 nitrogen and oxygen atoms in total. The SMILES string of the molecule is CCCCCCC1(C(=O)Nc2ccc(=O)n(C)n2)CCC(Cc2cc(F)cc(F)c2)CN1. The summed E-state index contributed by atoms with van der Waals surface area (Å²) in [5.41, 5.74) is -0.346. The van der Waals surface area contributed by atoms with Crippen molar-refractivity contribution >= 4 is 11.7 Å². The van der Waals surface area contributed by atoms with E-state index in [-0.39, 0.29) is 17.4 Å². The van der Waals surface area contributed by atoms with Gasteiger partial charge in [-0.2, -0.15) is 5.10 Å². The molecular formula is C24H32F2N4O2. The van der Waals surface area contributed by atoms with E-state index in [4.69, 9.17) is 0 Å². The lowest BCUT2D eigenvalue weighted by Gasteiger charge is -2.40. The monoisotopic (exact) mass is 446 g/mol. The third-order valence-electron chi connectivity index (χ3n) is 6.25. The fourth-order valence-electron chi connectivity index (χ4n) is 4.40. The Kier molecular flexibility index (Phi) is 8.12. The maximum Gasteiger partial charge on any atom is 0.266 e. The second-order valence-corrected chi connectivity index (χ2v) is 8.79. The first-order chi connectivity index (χ1) is 15.3. The maximum absolute atomic E-state index is 13.5. The summed E-state index contributed by atoms with van der Waals surface area (Å²) in [6.07, 6.45) is 6.86. The minimum absolute atomic E-state index is 0.157. The van der Waals surface area contributed by atoms with E-state index in [0.717, 1.165) is 38.2 Å². The smallest absolute Gasteiger partial charge is 0.266 e. The highest BCUT2D eigenvalue weighted by Crippen LogP contribution is 2.31. The third kappa shape index (κ3) is 6.22. The van der Waals surface area contributed by atoms with Crippen molar-refractivity contribution < 1.29 is 13.6 Å².